The molecule has 0 bridgehead atoms. The predicted octanol–water partition coefficient (Wildman–Crippen LogP) is 2.02. The summed E-state index contributed by atoms with van der Waals surface area (Å²) in [6, 6.07) is 3.90. The van der Waals surface area contributed by atoms with Gasteiger partial charge in [-0.05, 0) is 48.4 Å². The van der Waals surface area contributed by atoms with E-state index < -0.39 is 0 Å². The van der Waals surface area contributed by atoms with Crippen LogP contribution in [0.25, 0.3) is 0 Å². The van der Waals surface area contributed by atoms with Gasteiger partial charge in [0.15, 0.2) is 0 Å². The monoisotopic (exact) mass is 264 g/mol. The first-order valence-electron chi connectivity index (χ1n) is 6.21. The van der Waals surface area contributed by atoms with E-state index in [1.165, 1.54) is 29.7 Å². The number of anilines is 1. The van der Waals surface area contributed by atoms with E-state index in [1.54, 1.807) is 4.31 Å². The van der Waals surface area contributed by atoms with Crippen molar-refractivity contribution in [2.24, 2.45) is 5.92 Å². The Bertz CT molecular complexity index is 504. The van der Waals surface area contributed by atoms with E-state index in [9.17, 15) is 9.90 Å². The quantitative estimate of drug-likeness (QED) is 0.762. The molecule has 0 radical (unpaired) electrons. The average Bonchev–Trinajstić information content (AvgIpc) is 2.75. The second kappa shape index (κ2) is 4.39. The largest absolute Gasteiger partial charge is 0.506 e. The lowest BCUT2D eigenvalue weighted by Crippen LogP contribution is -2.17. The molecule has 2 aliphatic rings. The number of fused-ring (bicyclic) bond motifs is 1. The van der Waals surface area contributed by atoms with Gasteiger partial charge in [-0.25, -0.2) is 0 Å². The topological polar surface area (TPSA) is 52.6 Å². The molecule has 96 valence electrons. The highest BCUT2D eigenvalue weighted by Gasteiger charge is 2.25. The number of nitrogens with one attached hydrogen (secondary N) is 1. The average molecular weight is 264 g/mol. The molecule has 1 saturated heterocycles. The first kappa shape index (κ1) is 11.7. The predicted molar refractivity (Wildman–Crippen MR) is 72.4 cm³/mol. The Morgan fingerprint density at radius 2 is 2.28 bits per heavy atom. The van der Waals surface area contributed by atoms with Gasteiger partial charge in [0.25, 0.3) is 5.91 Å². The number of phenols is 1. The van der Waals surface area contributed by atoms with Crippen LogP contribution in [0.4, 0.5) is 5.69 Å². The number of amides is 1. The fourth-order valence-corrected chi connectivity index (χ4v) is 3.30. The molecule has 1 aromatic carbocycles. The Balaban J connectivity index is 1.95. The Labute approximate surface area is 111 Å². The molecule has 0 spiro atoms. The van der Waals surface area contributed by atoms with Crippen molar-refractivity contribution in [2.75, 3.05) is 10.8 Å². The normalized spacial score (nSPS) is 22.8. The SMILES string of the molecule is CC1CCc2cc(O)c(N3CC(=O)NS3)cc2C1. The Morgan fingerprint density at radius 1 is 1.44 bits per heavy atom. The van der Waals surface area contributed by atoms with Crippen molar-refractivity contribution in [3.05, 3.63) is 23.3 Å². The van der Waals surface area contributed by atoms with Gasteiger partial charge in [0.2, 0.25) is 0 Å². The summed E-state index contributed by atoms with van der Waals surface area (Å²) >= 11 is 1.24. The minimum Gasteiger partial charge on any atom is -0.506 e. The number of aromatic hydroxyl groups is 1. The van der Waals surface area contributed by atoms with Gasteiger partial charge in [-0.15, -0.1) is 0 Å². The van der Waals surface area contributed by atoms with Gasteiger partial charge in [-0.3, -0.25) is 13.8 Å². The third kappa shape index (κ3) is 2.03. The highest BCUT2D eigenvalue weighted by atomic mass is 32.2. The second-order valence-corrected chi connectivity index (χ2v) is 5.94. The van der Waals surface area contributed by atoms with E-state index >= 15 is 0 Å². The first-order chi connectivity index (χ1) is 8.63. The molecule has 18 heavy (non-hydrogen) atoms. The molecule has 1 aliphatic heterocycles. The maximum atomic E-state index is 11.2. The van der Waals surface area contributed by atoms with Crippen molar-refractivity contribution in [1.29, 1.82) is 0 Å². The van der Waals surface area contributed by atoms with Crippen molar-refractivity contribution >= 4 is 23.7 Å². The van der Waals surface area contributed by atoms with Gasteiger partial charge in [-0.1, -0.05) is 6.92 Å². The van der Waals surface area contributed by atoms with E-state index in [0.717, 1.165) is 18.5 Å². The van der Waals surface area contributed by atoms with E-state index in [-0.39, 0.29) is 11.7 Å². The van der Waals surface area contributed by atoms with E-state index in [2.05, 4.69) is 11.6 Å². The van der Waals surface area contributed by atoms with Crippen molar-refractivity contribution in [3.8, 4) is 5.75 Å². The zero-order valence-corrected chi connectivity index (χ0v) is 11.1. The van der Waals surface area contributed by atoms with Crippen LogP contribution in [0, 0.1) is 5.92 Å². The van der Waals surface area contributed by atoms with Gasteiger partial charge < -0.3 is 5.11 Å². The van der Waals surface area contributed by atoms with Crippen molar-refractivity contribution < 1.29 is 9.90 Å². The summed E-state index contributed by atoms with van der Waals surface area (Å²) < 4.78 is 4.48. The number of carbonyl (C=O) groups excluding carboxylic acids is 1. The zero-order valence-electron chi connectivity index (χ0n) is 10.3. The summed E-state index contributed by atoms with van der Waals surface area (Å²) in [7, 11) is 0. The summed E-state index contributed by atoms with van der Waals surface area (Å²) in [4.78, 5) is 11.2. The molecule has 1 amide bonds. The van der Waals surface area contributed by atoms with Crippen LogP contribution in [0.5, 0.6) is 5.75 Å². The van der Waals surface area contributed by atoms with Gasteiger partial charge in [-0.2, -0.15) is 0 Å². The van der Waals surface area contributed by atoms with Gasteiger partial charge in [0.05, 0.1) is 17.8 Å². The molecule has 3 rings (SSSR count). The van der Waals surface area contributed by atoms with Gasteiger partial charge >= 0.3 is 0 Å². The highest BCUT2D eigenvalue weighted by molar-refractivity contribution is 7.99. The molecule has 2 N–H and O–H groups in total. The van der Waals surface area contributed by atoms with E-state index in [4.69, 9.17) is 0 Å². The number of hydrogen-bond donors (Lipinski definition) is 2. The fraction of sp³-hybridized carbons (Fsp3) is 0.462. The number of hydrogen-bond acceptors (Lipinski definition) is 4. The standard InChI is InChI=1S/C13H16N2O2S/c1-8-2-3-9-6-12(16)11(5-10(9)4-8)15-7-13(17)14-18-15/h5-6,8,16H,2-4,7H2,1H3,(H,14,17). The van der Waals surface area contributed by atoms with Gasteiger partial charge in [0.1, 0.15) is 12.3 Å². The molecule has 1 aliphatic carbocycles. The lowest BCUT2D eigenvalue weighted by Gasteiger charge is -2.24. The Kier molecular flexibility index (Phi) is 2.86. The summed E-state index contributed by atoms with van der Waals surface area (Å²) in [5.74, 6) is 0.943. The number of carbonyl (C=O) groups is 1. The maximum absolute atomic E-state index is 11.2. The van der Waals surface area contributed by atoms with Crippen molar-refractivity contribution in [2.45, 2.75) is 26.2 Å². The fourth-order valence-electron chi connectivity index (χ4n) is 2.60. The van der Waals surface area contributed by atoms with Crippen LogP contribution in [0.2, 0.25) is 0 Å². The van der Waals surface area contributed by atoms with Crippen LogP contribution in [-0.4, -0.2) is 17.6 Å². The van der Waals surface area contributed by atoms with Crippen LogP contribution < -0.4 is 9.03 Å². The van der Waals surface area contributed by atoms with Crippen molar-refractivity contribution in [3.63, 3.8) is 0 Å². The molecular weight excluding hydrogens is 248 g/mol. The number of benzene rings is 1. The second-order valence-electron chi connectivity index (χ2n) is 5.11. The first-order valence-corrected chi connectivity index (χ1v) is 6.99. The lowest BCUT2D eigenvalue weighted by molar-refractivity contribution is -0.117. The number of aryl methyl sites for hydroxylation is 1. The van der Waals surface area contributed by atoms with Crippen LogP contribution in [0.15, 0.2) is 12.1 Å². The molecule has 1 unspecified atom stereocenters. The van der Waals surface area contributed by atoms with Crippen LogP contribution in [0.1, 0.15) is 24.5 Å². The molecule has 1 aromatic rings. The van der Waals surface area contributed by atoms with Crippen LogP contribution in [0.3, 0.4) is 0 Å². The minimum atomic E-state index is -0.0227. The molecule has 5 heteroatoms. The third-order valence-electron chi connectivity index (χ3n) is 3.60. The smallest absolute Gasteiger partial charge is 0.251 e. The molecule has 0 saturated carbocycles. The molecule has 1 atom stereocenters. The maximum Gasteiger partial charge on any atom is 0.251 e. The van der Waals surface area contributed by atoms with Crippen LogP contribution in [-0.2, 0) is 17.6 Å². The van der Waals surface area contributed by atoms with Crippen molar-refractivity contribution in [1.82, 2.24) is 4.72 Å². The molecular formula is C13H16N2O2S. The number of nitrogens with zero attached hydrogens (tertiary/aromatic N) is 1. The molecule has 1 fully saturated rings. The summed E-state index contributed by atoms with van der Waals surface area (Å²) in [5.41, 5.74) is 3.30. The lowest BCUT2D eigenvalue weighted by atomic mass is 9.84. The Morgan fingerprint density at radius 3 is 3.00 bits per heavy atom. The zero-order chi connectivity index (χ0) is 12.7. The van der Waals surface area contributed by atoms with Crippen LogP contribution >= 0.6 is 12.1 Å². The molecule has 1 heterocycles. The third-order valence-corrected chi connectivity index (χ3v) is 4.46. The molecule has 0 aromatic heterocycles. The van der Waals surface area contributed by atoms with E-state index in [1.807, 2.05) is 12.1 Å². The summed E-state index contributed by atoms with van der Waals surface area (Å²) in [6.07, 6.45) is 3.28. The highest BCUT2D eigenvalue weighted by Crippen LogP contribution is 2.38. The minimum absolute atomic E-state index is 0.0227. The molecule has 4 nitrogen and oxygen atoms in total. The summed E-state index contributed by atoms with van der Waals surface area (Å²) in [6.45, 7) is 2.55. The Hall–Kier alpha value is -1.36. The number of rotatable bonds is 1. The van der Waals surface area contributed by atoms with Gasteiger partial charge in [0, 0.05) is 0 Å². The number of phenolic OH excluding ortho intramolecular Hbond substituents is 1. The van der Waals surface area contributed by atoms with E-state index in [0.29, 0.717) is 12.5 Å². The summed E-state index contributed by atoms with van der Waals surface area (Å²) in [5, 5.41) is 10.1.